The molecule has 5 nitrogen and oxygen atoms in total. The number of aromatic amines is 1. The van der Waals surface area contributed by atoms with Crippen LogP contribution in [0, 0.1) is 0 Å². The molecule has 2 aromatic heterocycles. The van der Waals surface area contributed by atoms with Gasteiger partial charge in [0.15, 0.2) is 12.0 Å². The zero-order valence-electron chi connectivity index (χ0n) is 19.3. The molecule has 0 saturated carbocycles. The fourth-order valence-corrected chi connectivity index (χ4v) is 4.16. The third-order valence-corrected chi connectivity index (χ3v) is 5.90. The Morgan fingerprint density at radius 3 is 2.53 bits per heavy atom. The Balaban J connectivity index is 0.000000126. The minimum atomic E-state index is 0.326. The molecule has 1 aliphatic rings. The third kappa shape index (κ3) is 5.68. The number of carbonyl (C=O) groups is 1. The van der Waals surface area contributed by atoms with Crippen LogP contribution in [0.4, 0.5) is 0 Å². The van der Waals surface area contributed by atoms with Crippen molar-refractivity contribution in [2.75, 3.05) is 20.7 Å². The van der Waals surface area contributed by atoms with E-state index >= 15 is 0 Å². The number of nitrogens with zero attached hydrogens (tertiary/aromatic N) is 1. The van der Waals surface area contributed by atoms with E-state index in [1.54, 1.807) is 31.4 Å². The molecule has 1 N–H and O–H groups in total. The zero-order valence-corrected chi connectivity index (χ0v) is 20.0. The second-order valence-corrected chi connectivity index (χ2v) is 8.52. The van der Waals surface area contributed by atoms with Crippen LogP contribution < -0.4 is 4.74 Å². The summed E-state index contributed by atoms with van der Waals surface area (Å²) in [5.74, 6) is 1.24. The van der Waals surface area contributed by atoms with Gasteiger partial charge in [-0.05, 0) is 61.5 Å². The molecule has 6 heteroatoms. The average Bonchev–Trinajstić information content (AvgIpc) is 3.45. The van der Waals surface area contributed by atoms with Crippen molar-refractivity contribution in [3.63, 3.8) is 0 Å². The zero-order chi connectivity index (χ0) is 23.9. The molecule has 3 heterocycles. The quantitative estimate of drug-likeness (QED) is 0.287. The van der Waals surface area contributed by atoms with E-state index in [0.717, 1.165) is 17.7 Å². The Hall–Kier alpha value is -3.54. The molecular weight excluding hydrogens is 448 g/mol. The molecule has 6 rings (SSSR count). The van der Waals surface area contributed by atoms with Gasteiger partial charge in [0.05, 0.1) is 7.11 Å². The number of carbonyl (C=O) groups excluding carboxylic acids is 1. The first-order valence-corrected chi connectivity index (χ1v) is 11.5. The number of fused-ring (bicyclic) bond motifs is 4. The highest BCUT2D eigenvalue weighted by molar-refractivity contribution is 6.31. The van der Waals surface area contributed by atoms with Gasteiger partial charge >= 0.3 is 0 Å². The van der Waals surface area contributed by atoms with Crippen LogP contribution in [0.2, 0.25) is 5.02 Å². The van der Waals surface area contributed by atoms with E-state index in [-0.39, 0.29) is 0 Å². The van der Waals surface area contributed by atoms with Crippen LogP contribution >= 0.6 is 11.6 Å². The maximum Gasteiger partial charge on any atom is 0.185 e. The van der Waals surface area contributed by atoms with Crippen molar-refractivity contribution in [3.8, 4) is 5.75 Å². The number of methoxy groups -OCH3 is 1. The summed E-state index contributed by atoms with van der Waals surface area (Å²) in [5, 5.41) is 2.90. The molecule has 0 radical (unpaired) electrons. The van der Waals surface area contributed by atoms with Crippen molar-refractivity contribution >= 4 is 39.8 Å². The SMILES string of the molecule is CN1CCc2c([nH]c3ccccc23)C1.COc1ccccc1.O=Cc1cc2cc(Cl)ccc2o1. The fourth-order valence-electron chi connectivity index (χ4n) is 3.98. The molecule has 1 aliphatic heterocycles. The van der Waals surface area contributed by atoms with Gasteiger partial charge in [0.25, 0.3) is 0 Å². The summed E-state index contributed by atoms with van der Waals surface area (Å²) < 4.78 is 10.1. The van der Waals surface area contributed by atoms with Gasteiger partial charge in [-0.1, -0.05) is 48.0 Å². The molecule has 3 aromatic carbocycles. The molecule has 0 spiro atoms. The topological polar surface area (TPSA) is 58.5 Å². The number of rotatable bonds is 2. The van der Waals surface area contributed by atoms with Gasteiger partial charge in [-0.3, -0.25) is 4.79 Å². The monoisotopic (exact) mass is 474 g/mol. The molecular formula is C28H27ClN2O3. The smallest absolute Gasteiger partial charge is 0.185 e. The highest BCUT2D eigenvalue weighted by atomic mass is 35.5. The molecule has 0 saturated heterocycles. The number of ether oxygens (including phenoxy) is 1. The van der Waals surface area contributed by atoms with Crippen LogP contribution in [0.1, 0.15) is 21.8 Å². The van der Waals surface area contributed by atoms with Gasteiger partial charge in [-0.2, -0.15) is 0 Å². The largest absolute Gasteiger partial charge is 0.497 e. The first-order chi connectivity index (χ1) is 16.6. The number of halogens is 1. The number of hydrogen-bond acceptors (Lipinski definition) is 4. The predicted molar refractivity (Wildman–Crippen MR) is 138 cm³/mol. The van der Waals surface area contributed by atoms with Crippen LogP contribution in [-0.4, -0.2) is 36.9 Å². The predicted octanol–water partition coefficient (Wildman–Crippen LogP) is 6.75. The molecule has 0 aliphatic carbocycles. The lowest BCUT2D eigenvalue weighted by Gasteiger charge is -2.22. The first kappa shape index (κ1) is 23.6. The van der Waals surface area contributed by atoms with E-state index < -0.39 is 0 Å². The highest BCUT2D eigenvalue weighted by Gasteiger charge is 2.17. The van der Waals surface area contributed by atoms with Gasteiger partial charge in [0.2, 0.25) is 0 Å². The van der Waals surface area contributed by atoms with Gasteiger partial charge in [0, 0.05) is 40.1 Å². The van der Waals surface area contributed by atoms with E-state index in [0.29, 0.717) is 22.7 Å². The average molecular weight is 475 g/mol. The van der Waals surface area contributed by atoms with Crippen LogP contribution in [0.15, 0.2) is 83.3 Å². The number of H-pyrrole nitrogens is 1. The van der Waals surface area contributed by atoms with Crippen molar-refractivity contribution in [3.05, 3.63) is 101 Å². The summed E-state index contributed by atoms with van der Waals surface area (Å²) in [4.78, 5) is 16.2. The third-order valence-electron chi connectivity index (χ3n) is 5.67. The number of aldehydes is 1. The summed E-state index contributed by atoms with van der Waals surface area (Å²) in [7, 11) is 3.84. The lowest BCUT2D eigenvalue weighted by Crippen LogP contribution is -2.26. The normalized spacial score (nSPS) is 12.8. The minimum Gasteiger partial charge on any atom is -0.497 e. The van der Waals surface area contributed by atoms with Gasteiger partial charge in [0.1, 0.15) is 11.3 Å². The van der Waals surface area contributed by atoms with E-state index in [9.17, 15) is 4.79 Å². The van der Waals surface area contributed by atoms with Crippen molar-refractivity contribution < 1.29 is 13.9 Å². The minimum absolute atomic E-state index is 0.326. The Morgan fingerprint density at radius 2 is 1.79 bits per heavy atom. The van der Waals surface area contributed by atoms with E-state index in [4.69, 9.17) is 20.8 Å². The number of aromatic nitrogens is 1. The van der Waals surface area contributed by atoms with Crippen LogP contribution in [0.25, 0.3) is 21.9 Å². The molecule has 0 unspecified atom stereocenters. The second kappa shape index (κ2) is 11.1. The van der Waals surface area contributed by atoms with Crippen molar-refractivity contribution in [1.82, 2.24) is 9.88 Å². The number of likely N-dealkylation sites (N-methyl/N-ethyl adjacent to an activating group) is 1. The van der Waals surface area contributed by atoms with Gasteiger partial charge < -0.3 is 19.0 Å². The summed E-state index contributed by atoms with van der Waals surface area (Å²) in [6.07, 6.45) is 1.85. The second-order valence-electron chi connectivity index (χ2n) is 8.08. The Labute approximate surface area is 203 Å². The maximum absolute atomic E-state index is 10.3. The molecule has 34 heavy (non-hydrogen) atoms. The summed E-state index contributed by atoms with van der Waals surface area (Å²) >= 11 is 5.74. The lowest BCUT2D eigenvalue weighted by molar-refractivity contribution is 0.110. The standard InChI is InChI=1S/C12H14N2.C9H5ClO2.C7H8O/c1-14-7-6-10-9-4-2-3-5-11(9)13-12(10)8-14;10-7-1-2-9-6(3-7)4-8(5-11)12-9;1-8-7-5-3-2-4-6-7/h2-5,13H,6-8H2,1H3;1-5H;2-6H,1H3. The van der Waals surface area contributed by atoms with Crippen LogP contribution in [-0.2, 0) is 13.0 Å². The first-order valence-electron chi connectivity index (χ1n) is 11.1. The maximum atomic E-state index is 10.3. The molecule has 174 valence electrons. The molecule has 5 aromatic rings. The Bertz CT molecular complexity index is 1370. The van der Waals surface area contributed by atoms with E-state index in [1.165, 1.54) is 35.1 Å². The van der Waals surface area contributed by atoms with Gasteiger partial charge in [-0.25, -0.2) is 0 Å². The Morgan fingerprint density at radius 1 is 1.03 bits per heavy atom. The molecule has 0 bridgehead atoms. The molecule has 0 amide bonds. The van der Waals surface area contributed by atoms with E-state index in [2.05, 4.69) is 41.2 Å². The highest BCUT2D eigenvalue weighted by Crippen LogP contribution is 2.26. The molecule has 0 atom stereocenters. The van der Waals surface area contributed by atoms with Crippen molar-refractivity contribution in [2.45, 2.75) is 13.0 Å². The van der Waals surface area contributed by atoms with Crippen molar-refractivity contribution in [1.29, 1.82) is 0 Å². The number of furan rings is 1. The van der Waals surface area contributed by atoms with E-state index in [1.807, 2.05) is 30.3 Å². The lowest BCUT2D eigenvalue weighted by atomic mass is 10.0. The van der Waals surface area contributed by atoms with Gasteiger partial charge in [-0.15, -0.1) is 0 Å². The summed E-state index contributed by atoms with van der Waals surface area (Å²) in [5.41, 5.74) is 4.90. The van der Waals surface area contributed by atoms with Crippen LogP contribution in [0.5, 0.6) is 5.75 Å². The van der Waals surface area contributed by atoms with Crippen LogP contribution in [0.3, 0.4) is 0 Å². The summed E-state index contributed by atoms with van der Waals surface area (Å²) in [6.45, 7) is 2.23. The van der Waals surface area contributed by atoms with Crippen molar-refractivity contribution in [2.24, 2.45) is 0 Å². The number of hydrogen-bond donors (Lipinski definition) is 1. The number of nitrogens with one attached hydrogen (secondary N) is 1. The molecule has 0 fully saturated rings. The number of benzene rings is 3. The Kier molecular flexibility index (Phi) is 7.68. The number of para-hydroxylation sites is 2. The fraction of sp³-hybridized carbons (Fsp3) is 0.179. The summed E-state index contributed by atoms with van der Waals surface area (Å²) in [6, 6.07) is 25.2.